The molecule has 2 atom stereocenters. The minimum Gasteiger partial charge on any atom is -0.315 e. The van der Waals surface area contributed by atoms with Gasteiger partial charge in [-0.05, 0) is 37.8 Å². The predicted octanol–water partition coefficient (Wildman–Crippen LogP) is 3.13. The van der Waals surface area contributed by atoms with Crippen molar-refractivity contribution in [1.82, 2.24) is 10.2 Å². The highest BCUT2D eigenvalue weighted by molar-refractivity contribution is 4.97. The van der Waals surface area contributed by atoms with Gasteiger partial charge in [0.15, 0.2) is 0 Å². The van der Waals surface area contributed by atoms with Crippen LogP contribution in [0.15, 0.2) is 0 Å². The molecule has 1 fully saturated rings. The van der Waals surface area contributed by atoms with Crippen molar-refractivity contribution in [2.45, 2.75) is 66.0 Å². The lowest BCUT2D eigenvalue weighted by atomic mass is 9.70. The molecular formula is C15H32N2. The standard InChI is InChI=1S/C15H32N2/c1-14(2,3)11-17(7)12-9-8-10-15(4,5)13(12)16-6/h12-13,16H,8-11H2,1-7H3. The summed E-state index contributed by atoms with van der Waals surface area (Å²) in [5.41, 5.74) is 0.804. The first-order valence-electron chi connectivity index (χ1n) is 7.05. The summed E-state index contributed by atoms with van der Waals surface area (Å²) in [6, 6.07) is 1.30. The molecule has 2 unspecified atom stereocenters. The number of likely N-dealkylation sites (N-methyl/N-ethyl adjacent to an activating group) is 2. The van der Waals surface area contributed by atoms with E-state index in [-0.39, 0.29) is 0 Å². The third kappa shape index (κ3) is 3.96. The number of rotatable bonds is 3. The Bertz CT molecular complexity index is 240. The molecule has 0 aromatic carbocycles. The van der Waals surface area contributed by atoms with Gasteiger partial charge >= 0.3 is 0 Å². The molecule has 1 saturated carbocycles. The van der Waals surface area contributed by atoms with Gasteiger partial charge in [0.1, 0.15) is 0 Å². The number of nitrogens with one attached hydrogen (secondary N) is 1. The second-order valence-corrected chi connectivity index (χ2v) is 7.69. The van der Waals surface area contributed by atoms with Gasteiger partial charge in [-0.15, -0.1) is 0 Å². The third-order valence-corrected chi connectivity index (χ3v) is 4.15. The maximum Gasteiger partial charge on any atom is 0.0271 e. The van der Waals surface area contributed by atoms with Crippen molar-refractivity contribution in [2.75, 3.05) is 20.6 Å². The average Bonchev–Trinajstić information content (AvgIpc) is 2.13. The van der Waals surface area contributed by atoms with E-state index in [9.17, 15) is 0 Å². The molecule has 2 nitrogen and oxygen atoms in total. The zero-order valence-corrected chi connectivity index (χ0v) is 12.9. The van der Waals surface area contributed by atoms with E-state index in [1.807, 2.05) is 0 Å². The smallest absolute Gasteiger partial charge is 0.0271 e. The van der Waals surface area contributed by atoms with Crippen molar-refractivity contribution < 1.29 is 0 Å². The summed E-state index contributed by atoms with van der Waals surface area (Å²) in [5, 5.41) is 3.57. The molecule has 1 aliphatic carbocycles. The van der Waals surface area contributed by atoms with Gasteiger partial charge in [0.25, 0.3) is 0 Å². The topological polar surface area (TPSA) is 15.3 Å². The lowest BCUT2D eigenvalue weighted by molar-refractivity contribution is 0.0499. The molecule has 17 heavy (non-hydrogen) atoms. The Labute approximate surface area is 108 Å². The first kappa shape index (κ1) is 15.0. The molecule has 0 spiro atoms. The van der Waals surface area contributed by atoms with Crippen molar-refractivity contribution in [3.8, 4) is 0 Å². The lowest BCUT2D eigenvalue weighted by Gasteiger charge is -2.48. The summed E-state index contributed by atoms with van der Waals surface area (Å²) in [6.07, 6.45) is 4.05. The van der Waals surface area contributed by atoms with Crippen LogP contribution in [-0.2, 0) is 0 Å². The fourth-order valence-electron chi connectivity index (χ4n) is 3.53. The second-order valence-electron chi connectivity index (χ2n) is 7.69. The fraction of sp³-hybridized carbons (Fsp3) is 1.00. The van der Waals surface area contributed by atoms with Crippen LogP contribution in [0.5, 0.6) is 0 Å². The molecule has 1 N–H and O–H groups in total. The monoisotopic (exact) mass is 240 g/mol. The van der Waals surface area contributed by atoms with E-state index in [2.05, 4.69) is 58.9 Å². The van der Waals surface area contributed by atoms with Crippen LogP contribution in [0.2, 0.25) is 0 Å². The molecule has 1 aliphatic rings. The van der Waals surface area contributed by atoms with Crippen molar-refractivity contribution >= 4 is 0 Å². The van der Waals surface area contributed by atoms with Gasteiger partial charge in [-0.25, -0.2) is 0 Å². The van der Waals surface area contributed by atoms with E-state index >= 15 is 0 Å². The van der Waals surface area contributed by atoms with E-state index in [0.717, 1.165) is 0 Å². The zero-order chi connectivity index (χ0) is 13.3. The molecule has 0 aromatic rings. The molecule has 1 rings (SSSR count). The van der Waals surface area contributed by atoms with Gasteiger partial charge in [-0.2, -0.15) is 0 Å². The van der Waals surface area contributed by atoms with E-state index < -0.39 is 0 Å². The van der Waals surface area contributed by atoms with Crippen LogP contribution in [0.1, 0.15) is 53.9 Å². The Morgan fingerprint density at radius 2 is 1.88 bits per heavy atom. The van der Waals surface area contributed by atoms with E-state index in [1.54, 1.807) is 0 Å². The minimum absolute atomic E-state index is 0.384. The van der Waals surface area contributed by atoms with E-state index in [0.29, 0.717) is 22.9 Å². The van der Waals surface area contributed by atoms with Crippen LogP contribution in [0.25, 0.3) is 0 Å². The second kappa shape index (κ2) is 5.27. The van der Waals surface area contributed by atoms with Crippen molar-refractivity contribution in [1.29, 1.82) is 0 Å². The molecule has 0 radical (unpaired) electrons. The maximum absolute atomic E-state index is 3.57. The predicted molar refractivity (Wildman–Crippen MR) is 76.4 cm³/mol. The average molecular weight is 240 g/mol. The Morgan fingerprint density at radius 1 is 1.29 bits per heavy atom. The van der Waals surface area contributed by atoms with Crippen LogP contribution in [-0.4, -0.2) is 37.6 Å². The molecule has 102 valence electrons. The fourth-order valence-corrected chi connectivity index (χ4v) is 3.53. The SMILES string of the molecule is CNC1C(N(C)CC(C)(C)C)CCCC1(C)C. The Kier molecular flexibility index (Phi) is 4.65. The maximum atomic E-state index is 3.57. The van der Waals surface area contributed by atoms with Crippen LogP contribution < -0.4 is 5.32 Å². The molecule has 0 aliphatic heterocycles. The van der Waals surface area contributed by atoms with Crippen LogP contribution in [0, 0.1) is 10.8 Å². The van der Waals surface area contributed by atoms with Gasteiger partial charge < -0.3 is 10.2 Å². The summed E-state index contributed by atoms with van der Waals surface area (Å²) >= 11 is 0. The molecule has 0 aromatic heterocycles. The summed E-state index contributed by atoms with van der Waals surface area (Å²) in [5.74, 6) is 0. The molecule has 0 saturated heterocycles. The Hall–Kier alpha value is -0.0800. The molecule has 0 bridgehead atoms. The van der Waals surface area contributed by atoms with Gasteiger partial charge in [0.2, 0.25) is 0 Å². The summed E-state index contributed by atoms with van der Waals surface area (Å²) in [7, 11) is 4.41. The highest BCUT2D eigenvalue weighted by Gasteiger charge is 2.40. The summed E-state index contributed by atoms with van der Waals surface area (Å²) in [6.45, 7) is 13.0. The first-order valence-corrected chi connectivity index (χ1v) is 7.05. The van der Waals surface area contributed by atoms with Crippen LogP contribution >= 0.6 is 0 Å². The van der Waals surface area contributed by atoms with Gasteiger partial charge in [0, 0.05) is 18.6 Å². The van der Waals surface area contributed by atoms with E-state index in [4.69, 9.17) is 0 Å². The quantitative estimate of drug-likeness (QED) is 0.815. The molecular weight excluding hydrogens is 208 g/mol. The number of nitrogens with zero attached hydrogens (tertiary/aromatic N) is 1. The molecule has 0 amide bonds. The third-order valence-electron chi connectivity index (χ3n) is 4.15. The Balaban J connectivity index is 2.74. The Morgan fingerprint density at radius 3 is 2.35 bits per heavy atom. The summed E-state index contributed by atoms with van der Waals surface area (Å²) in [4.78, 5) is 2.57. The largest absolute Gasteiger partial charge is 0.315 e. The van der Waals surface area contributed by atoms with Crippen molar-refractivity contribution in [3.63, 3.8) is 0 Å². The van der Waals surface area contributed by atoms with Crippen molar-refractivity contribution in [3.05, 3.63) is 0 Å². The summed E-state index contributed by atoms with van der Waals surface area (Å²) < 4.78 is 0. The van der Waals surface area contributed by atoms with Crippen molar-refractivity contribution in [2.24, 2.45) is 10.8 Å². The highest BCUT2D eigenvalue weighted by Crippen LogP contribution is 2.37. The zero-order valence-electron chi connectivity index (χ0n) is 12.9. The number of hydrogen-bond donors (Lipinski definition) is 1. The lowest BCUT2D eigenvalue weighted by Crippen LogP contribution is -2.58. The molecule has 2 heteroatoms. The van der Waals surface area contributed by atoms with Gasteiger partial charge in [-0.3, -0.25) is 0 Å². The van der Waals surface area contributed by atoms with Gasteiger partial charge in [0.05, 0.1) is 0 Å². The highest BCUT2D eigenvalue weighted by atomic mass is 15.2. The van der Waals surface area contributed by atoms with Crippen LogP contribution in [0.4, 0.5) is 0 Å². The minimum atomic E-state index is 0.384. The normalized spacial score (nSPS) is 29.6. The van der Waals surface area contributed by atoms with Gasteiger partial charge in [-0.1, -0.05) is 41.0 Å². The van der Waals surface area contributed by atoms with E-state index in [1.165, 1.54) is 25.8 Å². The first-order chi connectivity index (χ1) is 7.67. The molecule has 0 heterocycles. The number of hydrogen-bond acceptors (Lipinski definition) is 2. The van der Waals surface area contributed by atoms with Crippen LogP contribution in [0.3, 0.4) is 0 Å².